The number of benzene rings is 1. The van der Waals surface area contributed by atoms with E-state index in [-0.39, 0.29) is 12.3 Å². The van der Waals surface area contributed by atoms with Gasteiger partial charge in [-0.2, -0.15) is 0 Å². The van der Waals surface area contributed by atoms with Crippen molar-refractivity contribution in [2.75, 3.05) is 0 Å². The van der Waals surface area contributed by atoms with Crippen LogP contribution in [-0.4, -0.2) is 6.36 Å². The number of hydrogen-bond acceptors (Lipinski definition) is 2. The number of halogens is 4. The van der Waals surface area contributed by atoms with Crippen LogP contribution in [0, 0.1) is 3.57 Å². The summed E-state index contributed by atoms with van der Waals surface area (Å²) < 4.78 is 39.9. The summed E-state index contributed by atoms with van der Waals surface area (Å²) in [5.41, 5.74) is 5.89. The SMILES string of the molecule is NCc1ccc(I)c(OC(F)(F)F)c1. The van der Waals surface area contributed by atoms with E-state index in [1.165, 1.54) is 12.1 Å². The zero-order chi connectivity index (χ0) is 10.8. The second-order valence-electron chi connectivity index (χ2n) is 2.52. The minimum atomic E-state index is -4.66. The third kappa shape index (κ3) is 3.33. The Bertz CT molecular complexity index is 327. The fourth-order valence-electron chi connectivity index (χ4n) is 0.878. The van der Waals surface area contributed by atoms with Crippen LogP contribution in [0.4, 0.5) is 13.2 Å². The maximum Gasteiger partial charge on any atom is 0.573 e. The lowest BCUT2D eigenvalue weighted by atomic mass is 10.2. The molecule has 0 bridgehead atoms. The van der Waals surface area contributed by atoms with Crippen molar-refractivity contribution in [1.82, 2.24) is 0 Å². The predicted molar refractivity (Wildman–Crippen MR) is 53.7 cm³/mol. The maximum atomic E-state index is 11.9. The number of ether oxygens (including phenoxy) is 1. The van der Waals surface area contributed by atoms with E-state index in [0.717, 1.165) is 0 Å². The van der Waals surface area contributed by atoms with Crippen LogP contribution in [0.5, 0.6) is 5.75 Å². The fraction of sp³-hybridized carbons (Fsp3) is 0.250. The third-order valence-corrected chi connectivity index (χ3v) is 2.35. The first kappa shape index (κ1) is 11.6. The van der Waals surface area contributed by atoms with Crippen LogP contribution in [0.1, 0.15) is 5.56 Å². The molecule has 0 fully saturated rings. The Kier molecular flexibility index (Phi) is 3.59. The second-order valence-corrected chi connectivity index (χ2v) is 3.68. The smallest absolute Gasteiger partial charge is 0.405 e. The minimum Gasteiger partial charge on any atom is -0.405 e. The van der Waals surface area contributed by atoms with Crippen molar-refractivity contribution in [2.45, 2.75) is 12.9 Å². The maximum absolute atomic E-state index is 11.9. The van der Waals surface area contributed by atoms with Crippen LogP contribution in [0.25, 0.3) is 0 Å². The van der Waals surface area contributed by atoms with Crippen molar-refractivity contribution in [1.29, 1.82) is 0 Å². The topological polar surface area (TPSA) is 35.2 Å². The molecule has 1 aromatic carbocycles. The van der Waals surface area contributed by atoms with Gasteiger partial charge < -0.3 is 10.5 Å². The van der Waals surface area contributed by atoms with Gasteiger partial charge in [0.25, 0.3) is 0 Å². The summed E-state index contributed by atoms with van der Waals surface area (Å²) in [4.78, 5) is 0. The summed E-state index contributed by atoms with van der Waals surface area (Å²) in [5, 5.41) is 0. The summed E-state index contributed by atoms with van der Waals surface area (Å²) in [6.07, 6.45) is -4.66. The molecule has 0 unspecified atom stereocenters. The molecule has 2 nitrogen and oxygen atoms in total. The first-order chi connectivity index (χ1) is 6.42. The van der Waals surface area contributed by atoms with Crippen molar-refractivity contribution in [3.8, 4) is 5.75 Å². The molecule has 0 atom stereocenters. The molecule has 6 heteroatoms. The highest BCUT2D eigenvalue weighted by Gasteiger charge is 2.31. The Morgan fingerprint density at radius 1 is 1.36 bits per heavy atom. The Morgan fingerprint density at radius 2 is 2.00 bits per heavy atom. The zero-order valence-electron chi connectivity index (χ0n) is 6.94. The van der Waals surface area contributed by atoms with Gasteiger partial charge >= 0.3 is 6.36 Å². The minimum absolute atomic E-state index is 0.186. The Labute approximate surface area is 92.4 Å². The van der Waals surface area contributed by atoms with Crippen LogP contribution < -0.4 is 10.5 Å². The Morgan fingerprint density at radius 3 is 2.50 bits per heavy atom. The Hall–Kier alpha value is -0.500. The molecule has 0 aromatic heterocycles. The summed E-state index contributed by atoms with van der Waals surface area (Å²) in [6, 6.07) is 4.48. The van der Waals surface area contributed by atoms with Crippen molar-refractivity contribution >= 4 is 22.6 Å². The summed E-state index contributed by atoms with van der Waals surface area (Å²) >= 11 is 1.77. The van der Waals surface area contributed by atoms with Gasteiger partial charge in [-0.3, -0.25) is 0 Å². The zero-order valence-corrected chi connectivity index (χ0v) is 9.09. The lowest BCUT2D eigenvalue weighted by Crippen LogP contribution is -2.18. The van der Waals surface area contributed by atoms with Crippen LogP contribution in [0.3, 0.4) is 0 Å². The van der Waals surface area contributed by atoms with Gasteiger partial charge in [0.1, 0.15) is 5.75 Å². The van der Waals surface area contributed by atoms with Gasteiger partial charge in [-0.05, 0) is 40.3 Å². The van der Waals surface area contributed by atoms with E-state index in [0.29, 0.717) is 9.13 Å². The molecule has 2 N–H and O–H groups in total. The monoisotopic (exact) mass is 317 g/mol. The lowest BCUT2D eigenvalue weighted by molar-refractivity contribution is -0.275. The number of hydrogen-bond donors (Lipinski definition) is 1. The van der Waals surface area contributed by atoms with E-state index < -0.39 is 6.36 Å². The molecular formula is C8H7F3INO. The van der Waals surface area contributed by atoms with Gasteiger partial charge in [-0.25, -0.2) is 0 Å². The van der Waals surface area contributed by atoms with Gasteiger partial charge in [-0.1, -0.05) is 6.07 Å². The molecular weight excluding hydrogens is 310 g/mol. The molecule has 1 rings (SSSR count). The molecule has 0 saturated carbocycles. The van der Waals surface area contributed by atoms with Crippen molar-refractivity contribution in [3.05, 3.63) is 27.3 Å². The van der Waals surface area contributed by atoms with Crippen molar-refractivity contribution in [3.63, 3.8) is 0 Å². The van der Waals surface area contributed by atoms with E-state index in [9.17, 15) is 13.2 Å². The highest BCUT2D eigenvalue weighted by Crippen LogP contribution is 2.28. The van der Waals surface area contributed by atoms with Crippen molar-refractivity contribution < 1.29 is 17.9 Å². The summed E-state index contributed by atoms with van der Waals surface area (Å²) in [7, 11) is 0. The average Bonchev–Trinajstić information content (AvgIpc) is 2.06. The van der Waals surface area contributed by atoms with E-state index in [4.69, 9.17) is 5.73 Å². The molecule has 14 heavy (non-hydrogen) atoms. The number of nitrogens with two attached hydrogens (primary N) is 1. The molecule has 0 heterocycles. The summed E-state index contributed by atoms with van der Waals surface area (Å²) in [5.74, 6) is -0.207. The molecule has 78 valence electrons. The molecule has 0 saturated heterocycles. The van der Waals surface area contributed by atoms with E-state index in [1.54, 1.807) is 28.7 Å². The van der Waals surface area contributed by atoms with Gasteiger partial charge in [-0.15, -0.1) is 13.2 Å². The lowest BCUT2D eigenvalue weighted by Gasteiger charge is -2.11. The molecule has 0 aliphatic carbocycles. The summed E-state index contributed by atoms with van der Waals surface area (Å²) in [6.45, 7) is 0.186. The van der Waals surface area contributed by atoms with E-state index in [1.807, 2.05) is 0 Å². The molecule has 1 aromatic rings. The van der Waals surface area contributed by atoms with Gasteiger partial charge in [0.15, 0.2) is 0 Å². The van der Waals surface area contributed by atoms with Crippen LogP contribution in [0.15, 0.2) is 18.2 Å². The highest BCUT2D eigenvalue weighted by molar-refractivity contribution is 14.1. The van der Waals surface area contributed by atoms with Gasteiger partial charge in [0.2, 0.25) is 0 Å². The van der Waals surface area contributed by atoms with Crippen molar-refractivity contribution in [2.24, 2.45) is 5.73 Å². The van der Waals surface area contributed by atoms with E-state index in [2.05, 4.69) is 4.74 Å². The first-order valence-corrected chi connectivity index (χ1v) is 4.74. The van der Waals surface area contributed by atoms with E-state index >= 15 is 0 Å². The number of alkyl halides is 3. The van der Waals surface area contributed by atoms with Crippen LogP contribution in [0.2, 0.25) is 0 Å². The number of rotatable bonds is 2. The molecule has 0 aliphatic heterocycles. The Balaban J connectivity index is 2.95. The third-order valence-electron chi connectivity index (χ3n) is 1.46. The molecule has 0 aliphatic rings. The first-order valence-electron chi connectivity index (χ1n) is 3.66. The van der Waals surface area contributed by atoms with Crippen LogP contribution in [-0.2, 0) is 6.54 Å². The van der Waals surface area contributed by atoms with Gasteiger partial charge in [0.05, 0.1) is 3.57 Å². The molecule has 0 spiro atoms. The molecule has 0 amide bonds. The highest BCUT2D eigenvalue weighted by atomic mass is 127. The fourth-order valence-corrected chi connectivity index (χ4v) is 1.32. The van der Waals surface area contributed by atoms with Crippen LogP contribution >= 0.6 is 22.6 Å². The average molecular weight is 317 g/mol. The predicted octanol–water partition coefficient (Wildman–Crippen LogP) is 2.65. The van der Waals surface area contributed by atoms with Gasteiger partial charge in [0, 0.05) is 6.54 Å². The molecule has 0 radical (unpaired) electrons. The second kappa shape index (κ2) is 4.35. The standard InChI is InChI=1S/C8H7F3INO/c9-8(10,11)14-7-3-5(4-13)1-2-6(7)12/h1-3H,4,13H2. The normalized spacial score (nSPS) is 11.5. The quantitative estimate of drug-likeness (QED) is 0.851. The largest absolute Gasteiger partial charge is 0.573 e.